The van der Waals surface area contributed by atoms with E-state index in [1.807, 2.05) is 0 Å². The minimum absolute atomic E-state index is 0.0939. The Balaban J connectivity index is 3.15. The second-order valence-corrected chi connectivity index (χ2v) is 2.37. The molecule has 0 aliphatic carbocycles. The van der Waals surface area contributed by atoms with E-state index in [-0.39, 0.29) is 10.6 Å². The summed E-state index contributed by atoms with van der Waals surface area (Å²) in [7, 11) is 0. The number of amides is 1. The third-order valence-electron chi connectivity index (χ3n) is 1.18. The molecule has 0 fully saturated rings. The second-order valence-electron chi connectivity index (χ2n) is 1.96. The molecule has 0 aliphatic heterocycles. The van der Waals surface area contributed by atoms with Crippen LogP contribution in [0.1, 0.15) is 10.4 Å². The summed E-state index contributed by atoms with van der Waals surface area (Å²) in [5, 5.41) is -0.136. The molecular formula is C7H4ClFNO. The first-order valence-corrected chi connectivity index (χ1v) is 3.20. The predicted molar refractivity (Wildman–Crippen MR) is 38.8 cm³/mol. The second kappa shape index (κ2) is 2.88. The molecule has 1 rings (SSSR count). The Morgan fingerprint density at radius 3 is 2.64 bits per heavy atom. The Hall–Kier alpha value is -1.09. The number of benzene rings is 1. The Morgan fingerprint density at radius 2 is 2.18 bits per heavy atom. The molecule has 2 nitrogen and oxygen atoms in total. The zero-order valence-corrected chi connectivity index (χ0v) is 6.15. The van der Waals surface area contributed by atoms with E-state index in [0.29, 0.717) is 0 Å². The van der Waals surface area contributed by atoms with Crippen LogP contribution in [0.2, 0.25) is 5.02 Å². The Morgan fingerprint density at radius 1 is 1.55 bits per heavy atom. The van der Waals surface area contributed by atoms with E-state index in [0.717, 1.165) is 12.1 Å². The smallest absolute Gasteiger partial charge is 0.267 e. The maximum Gasteiger partial charge on any atom is 0.269 e. The van der Waals surface area contributed by atoms with Crippen LogP contribution in [0, 0.1) is 5.82 Å². The van der Waals surface area contributed by atoms with Gasteiger partial charge in [0.25, 0.3) is 5.91 Å². The molecule has 0 aromatic heterocycles. The van der Waals surface area contributed by atoms with Gasteiger partial charge in [-0.1, -0.05) is 11.6 Å². The molecule has 0 aliphatic rings. The molecule has 57 valence electrons. The van der Waals surface area contributed by atoms with Crippen LogP contribution >= 0.6 is 11.6 Å². The van der Waals surface area contributed by atoms with Crippen molar-refractivity contribution in [3.63, 3.8) is 0 Å². The van der Waals surface area contributed by atoms with Crippen LogP contribution in [0.5, 0.6) is 0 Å². The fourth-order valence-electron chi connectivity index (χ4n) is 0.637. The van der Waals surface area contributed by atoms with Crippen molar-refractivity contribution in [3.8, 4) is 0 Å². The molecule has 1 aromatic carbocycles. The summed E-state index contributed by atoms with van der Waals surface area (Å²) in [6.45, 7) is 0. The fraction of sp³-hybridized carbons (Fsp3) is 0. The SMILES string of the molecule is [NH]C(=O)c1ccc(F)c(Cl)c1. The number of rotatable bonds is 1. The first-order chi connectivity index (χ1) is 5.11. The van der Waals surface area contributed by atoms with Gasteiger partial charge in [-0.05, 0) is 18.2 Å². The number of carbonyl (C=O) groups is 1. The summed E-state index contributed by atoms with van der Waals surface area (Å²) in [6, 6.07) is 3.41. The van der Waals surface area contributed by atoms with Gasteiger partial charge in [0.15, 0.2) is 0 Å². The molecule has 0 spiro atoms. The molecule has 0 unspecified atom stereocenters. The van der Waals surface area contributed by atoms with E-state index in [2.05, 4.69) is 0 Å². The fourth-order valence-corrected chi connectivity index (χ4v) is 0.818. The van der Waals surface area contributed by atoms with Crippen molar-refractivity contribution in [2.24, 2.45) is 0 Å². The van der Waals surface area contributed by atoms with Gasteiger partial charge in [0.05, 0.1) is 5.02 Å². The van der Waals surface area contributed by atoms with E-state index < -0.39 is 11.7 Å². The predicted octanol–water partition coefficient (Wildman–Crippen LogP) is 1.90. The topological polar surface area (TPSA) is 40.9 Å². The number of carbonyl (C=O) groups excluding carboxylic acids is 1. The molecule has 0 saturated carbocycles. The highest BCUT2D eigenvalue weighted by Gasteiger charge is 2.04. The number of hydrogen-bond donors (Lipinski definition) is 0. The number of nitrogens with one attached hydrogen (secondary N) is 1. The lowest BCUT2D eigenvalue weighted by Crippen LogP contribution is -1.98. The van der Waals surface area contributed by atoms with Gasteiger partial charge in [-0.2, -0.15) is 0 Å². The Labute approximate surface area is 67.8 Å². The molecule has 0 bridgehead atoms. The lowest BCUT2D eigenvalue weighted by molar-refractivity contribution is 0.0992. The van der Waals surface area contributed by atoms with Crippen molar-refractivity contribution in [3.05, 3.63) is 34.6 Å². The summed E-state index contributed by atoms with van der Waals surface area (Å²) in [4.78, 5) is 10.4. The van der Waals surface area contributed by atoms with Gasteiger partial charge in [-0.15, -0.1) is 0 Å². The van der Waals surface area contributed by atoms with Gasteiger partial charge >= 0.3 is 0 Å². The van der Waals surface area contributed by atoms with Crippen LogP contribution in [-0.4, -0.2) is 5.91 Å². The molecule has 0 heterocycles. The molecule has 11 heavy (non-hydrogen) atoms. The monoisotopic (exact) mass is 172 g/mol. The molecule has 0 saturated heterocycles. The van der Waals surface area contributed by atoms with Crippen molar-refractivity contribution in [2.45, 2.75) is 0 Å². The van der Waals surface area contributed by atoms with Crippen molar-refractivity contribution >= 4 is 17.5 Å². The van der Waals surface area contributed by atoms with E-state index in [1.54, 1.807) is 0 Å². The van der Waals surface area contributed by atoms with E-state index >= 15 is 0 Å². The summed E-state index contributed by atoms with van der Waals surface area (Å²) < 4.78 is 12.5. The molecule has 1 N–H and O–H groups in total. The van der Waals surface area contributed by atoms with E-state index in [1.165, 1.54) is 6.07 Å². The minimum atomic E-state index is -0.869. The maximum absolute atomic E-state index is 12.5. The number of hydrogen-bond acceptors (Lipinski definition) is 1. The standard InChI is InChI=1S/C7H4ClFNO/c8-5-3-4(7(10)11)1-2-6(5)9/h1-3,10H. The van der Waals surface area contributed by atoms with Crippen LogP contribution in [0.15, 0.2) is 18.2 Å². The Kier molecular flexibility index (Phi) is 2.10. The molecular weight excluding hydrogens is 169 g/mol. The van der Waals surface area contributed by atoms with Crippen LogP contribution in [0.3, 0.4) is 0 Å². The molecule has 1 aromatic rings. The largest absolute Gasteiger partial charge is 0.269 e. The van der Waals surface area contributed by atoms with Gasteiger partial charge in [0.1, 0.15) is 5.82 Å². The van der Waals surface area contributed by atoms with Gasteiger partial charge in [0, 0.05) is 5.56 Å². The normalized spacial score (nSPS) is 9.64. The highest BCUT2D eigenvalue weighted by atomic mass is 35.5. The van der Waals surface area contributed by atoms with Crippen LogP contribution in [-0.2, 0) is 0 Å². The third kappa shape index (κ3) is 1.68. The highest BCUT2D eigenvalue weighted by Crippen LogP contribution is 2.15. The zero-order valence-electron chi connectivity index (χ0n) is 5.40. The summed E-state index contributed by atoms with van der Waals surface area (Å²) >= 11 is 5.35. The van der Waals surface area contributed by atoms with Crippen LogP contribution in [0.25, 0.3) is 0 Å². The van der Waals surface area contributed by atoms with Crippen molar-refractivity contribution in [1.29, 1.82) is 0 Å². The van der Waals surface area contributed by atoms with Gasteiger partial charge < -0.3 is 0 Å². The maximum atomic E-state index is 12.5. The lowest BCUT2D eigenvalue weighted by Gasteiger charge is -1.95. The molecule has 1 amide bonds. The van der Waals surface area contributed by atoms with Gasteiger partial charge in [-0.3, -0.25) is 10.5 Å². The van der Waals surface area contributed by atoms with E-state index in [9.17, 15) is 9.18 Å². The van der Waals surface area contributed by atoms with Crippen molar-refractivity contribution in [2.75, 3.05) is 0 Å². The quantitative estimate of drug-likeness (QED) is 0.638. The zero-order chi connectivity index (χ0) is 8.43. The third-order valence-corrected chi connectivity index (χ3v) is 1.47. The molecule has 4 heteroatoms. The summed E-state index contributed by atoms with van der Waals surface area (Å²) in [6.07, 6.45) is 0. The average Bonchev–Trinajstić information content (AvgIpc) is 1.94. The first kappa shape index (κ1) is 8.01. The number of halogens is 2. The van der Waals surface area contributed by atoms with Gasteiger partial charge in [0.2, 0.25) is 0 Å². The minimum Gasteiger partial charge on any atom is -0.267 e. The lowest BCUT2D eigenvalue weighted by atomic mass is 10.2. The van der Waals surface area contributed by atoms with Crippen molar-refractivity contribution in [1.82, 2.24) is 5.73 Å². The summed E-state index contributed by atoms with van der Waals surface area (Å²) in [5.74, 6) is -1.46. The van der Waals surface area contributed by atoms with Crippen molar-refractivity contribution < 1.29 is 9.18 Å². The Bertz CT molecular complexity index is 300. The van der Waals surface area contributed by atoms with Gasteiger partial charge in [-0.25, -0.2) is 4.39 Å². The summed E-state index contributed by atoms with van der Waals surface area (Å²) in [5.41, 5.74) is 6.76. The molecule has 1 radical (unpaired) electrons. The average molecular weight is 173 g/mol. The first-order valence-electron chi connectivity index (χ1n) is 2.82. The molecule has 0 atom stereocenters. The van der Waals surface area contributed by atoms with E-state index in [4.69, 9.17) is 17.3 Å². The van der Waals surface area contributed by atoms with Crippen LogP contribution < -0.4 is 5.73 Å². The van der Waals surface area contributed by atoms with Crippen LogP contribution in [0.4, 0.5) is 4.39 Å². The highest BCUT2D eigenvalue weighted by molar-refractivity contribution is 6.31.